The minimum absolute atomic E-state index is 0.0356. The number of rotatable bonds is 8. The molecule has 2 atom stereocenters. The minimum Gasteiger partial charge on any atom is -0.491 e. The van der Waals surface area contributed by atoms with E-state index < -0.39 is 22.5 Å². The van der Waals surface area contributed by atoms with E-state index in [9.17, 15) is 9.32 Å². The number of aliphatic hydroxyl groups is 2. The molecule has 0 saturated carbocycles. The summed E-state index contributed by atoms with van der Waals surface area (Å²) >= 11 is 6.51. The molecule has 0 fully saturated rings. The van der Waals surface area contributed by atoms with Crippen molar-refractivity contribution in [1.29, 1.82) is 0 Å². The molecular formula is C27H33ClFNO5S. The first-order valence-corrected chi connectivity index (χ1v) is 12.6. The van der Waals surface area contributed by atoms with Crippen LogP contribution in [0.4, 0.5) is 4.39 Å². The topological polar surface area (TPSA) is 95.9 Å². The van der Waals surface area contributed by atoms with Crippen LogP contribution in [-0.4, -0.2) is 41.5 Å². The predicted octanol–water partition coefficient (Wildman–Crippen LogP) is 5.12. The zero-order valence-electron chi connectivity index (χ0n) is 20.9. The molecule has 0 saturated heterocycles. The van der Waals surface area contributed by atoms with Crippen LogP contribution < -0.4 is 5.32 Å². The van der Waals surface area contributed by atoms with Crippen molar-refractivity contribution in [3.05, 3.63) is 98.6 Å². The molecule has 1 aliphatic heterocycles. The Morgan fingerprint density at radius 3 is 2.36 bits per heavy atom. The molecule has 1 heterocycles. The fraction of sp³-hybridized carbons (Fsp3) is 0.296. The normalized spacial score (nSPS) is 15.6. The Bertz CT molecular complexity index is 1130. The summed E-state index contributed by atoms with van der Waals surface area (Å²) in [7, 11) is -0.605. The van der Waals surface area contributed by atoms with Gasteiger partial charge >= 0.3 is 0 Å². The minimum atomic E-state index is -1.60. The van der Waals surface area contributed by atoms with Crippen LogP contribution in [-0.2, 0) is 20.3 Å². The first kappa shape index (κ1) is 31.3. The molecule has 0 spiro atoms. The fourth-order valence-electron chi connectivity index (χ4n) is 3.92. The fourth-order valence-corrected chi connectivity index (χ4v) is 5.86. The SMILES string of the molecule is C=C(OCCO)C1=C(C)NC(CC)=C(S(=O)c2ccccc2C)C1c1c(F)cccc1Cl.C=O.CO. The third-order valence-electron chi connectivity index (χ3n) is 5.39. The molecule has 3 rings (SSSR count). The number of hydrogen-bond donors (Lipinski definition) is 3. The van der Waals surface area contributed by atoms with Crippen LogP contribution in [0.2, 0.25) is 5.02 Å². The van der Waals surface area contributed by atoms with Crippen LogP contribution in [0.25, 0.3) is 0 Å². The van der Waals surface area contributed by atoms with Crippen molar-refractivity contribution < 1.29 is 28.3 Å². The molecule has 2 aromatic carbocycles. The van der Waals surface area contributed by atoms with Crippen LogP contribution in [0.15, 0.2) is 81.6 Å². The summed E-state index contributed by atoms with van der Waals surface area (Å²) < 4.78 is 34.9. The Kier molecular flexibility index (Phi) is 13.3. The van der Waals surface area contributed by atoms with E-state index in [0.717, 1.165) is 18.4 Å². The molecule has 9 heteroatoms. The van der Waals surface area contributed by atoms with Crippen molar-refractivity contribution in [2.75, 3.05) is 20.3 Å². The number of aryl methyl sites for hydroxylation is 1. The second-order valence-electron chi connectivity index (χ2n) is 7.46. The number of carbonyl (C=O) groups is 1. The number of nitrogens with one attached hydrogen (secondary N) is 1. The number of aliphatic hydroxyl groups excluding tert-OH is 2. The monoisotopic (exact) mass is 537 g/mol. The van der Waals surface area contributed by atoms with Crippen molar-refractivity contribution in [2.24, 2.45) is 0 Å². The molecule has 0 aromatic heterocycles. The number of ether oxygens (including phenoxy) is 1. The van der Waals surface area contributed by atoms with Gasteiger partial charge in [-0.05, 0) is 44.0 Å². The zero-order chi connectivity index (χ0) is 27.4. The summed E-state index contributed by atoms with van der Waals surface area (Å²) in [6.45, 7) is 11.5. The lowest BCUT2D eigenvalue weighted by Crippen LogP contribution is -2.29. The Labute approximate surface area is 219 Å². The van der Waals surface area contributed by atoms with Gasteiger partial charge < -0.3 is 25.1 Å². The molecule has 2 aromatic rings. The highest BCUT2D eigenvalue weighted by molar-refractivity contribution is 7.89. The van der Waals surface area contributed by atoms with E-state index in [1.165, 1.54) is 12.1 Å². The summed E-state index contributed by atoms with van der Waals surface area (Å²) in [6.07, 6.45) is 0.560. The first-order chi connectivity index (χ1) is 17.3. The highest BCUT2D eigenvalue weighted by Gasteiger charge is 2.38. The van der Waals surface area contributed by atoms with Crippen LogP contribution in [0, 0.1) is 12.7 Å². The maximum Gasteiger partial charge on any atom is 0.128 e. The number of benzene rings is 2. The molecule has 2 unspecified atom stereocenters. The number of halogens is 2. The maximum atomic E-state index is 15.2. The van der Waals surface area contributed by atoms with E-state index in [-0.39, 0.29) is 29.6 Å². The molecule has 196 valence electrons. The standard InChI is InChI=1S/C25H27ClFNO3S.CH4O.CH2O/c1-5-20-25(32(30)21-12-7-6-9-15(21)2)24(23-18(26)10-8-11-19(23)27)22(16(3)28-20)17(4)31-14-13-29;2*1-2/h6-12,24,28-29H,4-5,13-14H2,1-3H3;2H,1H3;1H2. The summed E-state index contributed by atoms with van der Waals surface area (Å²) in [4.78, 5) is 9.16. The Hall–Kier alpha value is -2.78. The largest absolute Gasteiger partial charge is 0.491 e. The molecule has 36 heavy (non-hydrogen) atoms. The molecule has 0 radical (unpaired) electrons. The van der Waals surface area contributed by atoms with E-state index >= 15 is 4.39 Å². The second-order valence-corrected chi connectivity index (χ2v) is 9.28. The van der Waals surface area contributed by atoms with Gasteiger partial charge in [-0.15, -0.1) is 0 Å². The number of hydrogen-bond acceptors (Lipinski definition) is 6. The summed E-state index contributed by atoms with van der Waals surface area (Å²) in [5.41, 5.74) is 3.10. The van der Waals surface area contributed by atoms with Gasteiger partial charge in [-0.2, -0.15) is 0 Å². The van der Waals surface area contributed by atoms with Gasteiger partial charge in [0.2, 0.25) is 0 Å². The number of allylic oxidation sites excluding steroid dienone is 4. The Morgan fingerprint density at radius 1 is 1.17 bits per heavy atom. The first-order valence-electron chi connectivity index (χ1n) is 11.1. The van der Waals surface area contributed by atoms with Crippen molar-refractivity contribution in [2.45, 2.75) is 38.0 Å². The molecule has 6 nitrogen and oxygen atoms in total. The van der Waals surface area contributed by atoms with Gasteiger partial charge in [0.05, 0.1) is 28.2 Å². The summed E-state index contributed by atoms with van der Waals surface area (Å²) in [6, 6.07) is 11.9. The van der Waals surface area contributed by atoms with Crippen LogP contribution in [0.3, 0.4) is 0 Å². The summed E-state index contributed by atoms with van der Waals surface area (Å²) in [5.74, 6) is -1.01. The third-order valence-corrected chi connectivity index (χ3v) is 7.46. The third kappa shape index (κ3) is 6.91. The number of carbonyl (C=O) groups excluding carboxylic acids is 1. The van der Waals surface area contributed by atoms with Crippen LogP contribution >= 0.6 is 11.6 Å². The van der Waals surface area contributed by atoms with Crippen molar-refractivity contribution in [3.8, 4) is 0 Å². The van der Waals surface area contributed by atoms with Crippen LogP contribution in [0.5, 0.6) is 0 Å². The van der Waals surface area contributed by atoms with Gasteiger partial charge in [0.1, 0.15) is 25.0 Å². The lowest BCUT2D eigenvalue weighted by molar-refractivity contribution is -0.0980. The Morgan fingerprint density at radius 2 is 1.81 bits per heavy atom. The van der Waals surface area contributed by atoms with E-state index in [1.807, 2.05) is 51.8 Å². The highest BCUT2D eigenvalue weighted by Crippen LogP contribution is 2.47. The molecular weight excluding hydrogens is 505 g/mol. The smallest absolute Gasteiger partial charge is 0.128 e. The van der Waals surface area contributed by atoms with Crippen molar-refractivity contribution >= 4 is 29.2 Å². The average Bonchev–Trinajstić information content (AvgIpc) is 2.89. The predicted molar refractivity (Wildman–Crippen MR) is 142 cm³/mol. The van der Waals surface area contributed by atoms with Gasteiger partial charge in [-0.1, -0.05) is 49.4 Å². The van der Waals surface area contributed by atoms with Gasteiger partial charge in [-0.3, -0.25) is 0 Å². The summed E-state index contributed by atoms with van der Waals surface area (Å²) in [5, 5.41) is 19.8. The maximum absolute atomic E-state index is 15.2. The highest BCUT2D eigenvalue weighted by atomic mass is 35.5. The molecule has 0 amide bonds. The van der Waals surface area contributed by atoms with Gasteiger partial charge in [0, 0.05) is 39.6 Å². The van der Waals surface area contributed by atoms with E-state index in [0.29, 0.717) is 27.5 Å². The van der Waals surface area contributed by atoms with Gasteiger partial charge in [-0.25, -0.2) is 8.60 Å². The van der Waals surface area contributed by atoms with E-state index in [4.69, 9.17) is 26.2 Å². The zero-order valence-corrected chi connectivity index (χ0v) is 22.5. The van der Waals surface area contributed by atoms with Crippen molar-refractivity contribution in [3.63, 3.8) is 0 Å². The van der Waals surface area contributed by atoms with Gasteiger partial charge in [0.15, 0.2) is 0 Å². The van der Waals surface area contributed by atoms with E-state index in [1.54, 1.807) is 6.07 Å². The quantitative estimate of drug-likeness (QED) is 0.404. The Balaban J connectivity index is 0.00000154. The lowest BCUT2D eigenvalue weighted by atomic mass is 9.84. The van der Waals surface area contributed by atoms with E-state index in [2.05, 4.69) is 11.9 Å². The molecule has 0 bridgehead atoms. The average molecular weight is 538 g/mol. The lowest BCUT2D eigenvalue weighted by Gasteiger charge is -2.34. The second kappa shape index (κ2) is 15.4. The molecule has 0 aliphatic carbocycles. The number of dihydropyridines is 1. The molecule has 3 N–H and O–H groups in total. The van der Waals surface area contributed by atoms with Gasteiger partial charge in [0.25, 0.3) is 0 Å². The molecule has 1 aliphatic rings. The van der Waals surface area contributed by atoms with Crippen molar-refractivity contribution in [1.82, 2.24) is 5.32 Å². The van der Waals surface area contributed by atoms with Crippen LogP contribution in [0.1, 0.15) is 37.3 Å².